The van der Waals surface area contributed by atoms with E-state index in [0.29, 0.717) is 18.1 Å². The number of ether oxygens (including phenoxy) is 3. The molecule has 0 aliphatic heterocycles. The number of hydrogen-bond acceptors (Lipinski definition) is 4. The number of benzene rings is 1. The Morgan fingerprint density at radius 1 is 1.28 bits per heavy atom. The zero-order valence-corrected chi connectivity index (χ0v) is 10.9. The molecular formula is C14H18O4. The topological polar surface area (TPSA) is 44.8 Å². The first-order valence-corrected chi connectivity index (χ1v) is 5.78. The molecule has 0 N–H and O–H groups in total. The van der Waals surface area contributed by atoms with E-state index in [-0.39, 0.29) is 5.97 Å². The second kappa shape index (κ2) is 7.37. The van der Waals surface area contributed by atoms with E-state index in [1.54, 1.807) is 32.4 Å². The zero-order chi connectivity index (χ0) is 13.4. The van der Waals surface area contributed by atoms with Crippen molar-refractivity contribution >= 4 is 12.0 Å². The molecule has 1 aromatic carbocycles. The molecule has 1 rings (SSSR count). The van der Waals surface area contributed by atoms with Crippen LogP contribution in [0.1, 0.15) is 18.9 Å². The summed E-state index contributed by atoms with van der Waals surface area (Å²) >= 11 is 0. The molecule has 4 nitrogen and oxygen atoms in total. The second-order valence-electron chi connectivity index (χ2n) is 3.61. The number of hydrogen-bond donors (Lipinski definition) is 0. The fraction of sp³-hybridized carbons (Fsp3) is 0.357. The van der Waals surface area contributed by atoms with Crippen LogP contribution in [-0.2, 0) is 9.53 Å². The van der Waals surface area contributed by atoms with Gasteiger partial charge in [0.15, 0.2) is 0 Å². The normalized spacial score (nSPS) is 10.4. The number of esters is 1. The highest BCUT2D eigenvalue weighted by molar-refractivity contribution is 5.87. The van der Waals surface area contributed by atoms with Crippen LogP contribution in [0.2, 0.25) is 0 Å². The van der Waals surface area contributed by atoms with Crippen molar-refractivity contribution in [2.75, 3.05) is 20.8 Å². The van der Waals surface area contributed by atoms with Gasteiger partial charge in [-0.3, -0.25) is 0 Å². The minimum atomic E-state index is -0.352. The molecule has 0 spiro atoms. The molecule has 0 amide bonds. The fourth-order valence-corrected chi connectivity index (χ4v) is 1.36. The van der Waals surface area contributed by atoms with Crippen molar-refractivity contribution in [1.82, 2.24) is 0 Å². The smallest absolute Gasteiger partial charge is 0.330 e. The van der Waals surface area contributed by atoms with Crippen LogP contribution in [0.3, 0.4) is 0 Å². The van der Waals surface area contributed by atoms with Crippen LogP contribution in [-0.4, -0.2) is 26.8 Å². The molecule has 0 fully saturated rings. The number of methoxy groups -OCH3 is 2. The van der Waals surface area contributed by atoms with Gasteiger partial charge in [-0.1, -0.05) is 6.92 Å². The standard InChI is InChI=1S/C14H18O4/c1-4-9-18-14(15)8-6-11-5-7-12(16-2)10-13(11)17-3/h5-8,10H,4,9H2,1-3H3. The number of rotatable bonds is 6. The molecule has 0 atom stereocenters. The van der Waals surface area contributed by atoms with Crippen molar-refractivity contribution in [3.8, 4) is 11.5 Å². The SMILES string of the molecule is CCCOC(=O)C=Cc1ccc(OC)cc1OC. The van der Waals surface area contributed by atoms with Crippen molar-refractivity contribution in [2.24, 2.45) is 0 Å². The van der Waals surface area contributed by atoms with Crippen LogP contribution < -0.4 is 9.47 Å². The Morgan fingerprint density at radius 2 is 2.06 bits per heavy atom. The molecule has 98 valence electrons. The van der Waals surface area contributed by atoms with Crippen molar-refractivity contribution in [3.63, 3.8) is 0 Å². The average Bonchev–Trinajstić information content (AvgIpc) is 2.42. The molecule has 0 saturated carbocycles. The lowest BCUT2D eigenvalue weighted by Crippen LogP contribution is -2.00. The summed E-state index contributed by atoms with van der Waals surface area (Å²) < 4.78 is 15.3. The van der Waals surface area contributed by atoms with Gasteiger partial charge < -0.3 is 14.2 Å². The summed E-state index contributed by atoms with van der Waals surface area (Å²) in [5.74, 6) is 1.00. The Balaban J connectivity index is 2.77. The van der Waals surface area contributed by atoms with Gasteiger partial charge in [-0.15, -0.1) is 0 Å². The predicted octanol–water partition coefficient (Wildman–Crippen LogP) is 2.67. The van der Waals surface area contributed by atoms with Crippen LogP contribution in [0, 0.1) is 0 Å². The van der Waals surface area contributed by atoms with Crippen molar-refractivity contribution in [3.05, 3.63) is 29.8 Å². The van der Waals surface area contributed by atoms with Gasteiger partial charge >= 0.3 is 5.97 Å². The van der Waals surface area contributed by atoms with Gasteiger partial charge in [-0.05, 0) is 24.6 Å². The minimum Gasteiger partial charge on any atom is -0.497 e. The molecule has 4 heteroatoms. The quantitative estimate of drug-likeness (QED) is 0.575. The third-order valence-electron chi connectivity index (χ3n) is 2.29. The molecule has 18 heavy (non-hydrogen) atoms. The number of carbonyl (C=O) groups excluding carboxylic acids is 1. The summed E-state index contributed by atoms with van der Waals surface area (Å²) in [6.07, 6.45) is 3.86. The van der Waals surface area contributed by atoms with Gasteiger partial charge in [0.1, 0.15) is 11.5 Å². The van der Waals surface area contributed by atoms with E-state index in [1.807, 2.05) is 13.0 Å². The summed E-state index contributed by atoms with van der Waals surface area (Å²) in [4.78, 5) is 11.3. The summed E-state index contributed by atoms with van der Waals surface area (Å²) in [6.45, 7) is 2.38. The van der Waals surface area contributed by atoms with Crippen LogP contribution in [0.5, 0.6) is 11.5 Å². The molecule has 0 radical (unpaired) electrons. The Bertz CT molecular complexity index is 424. The van der Waals surface area contributed by atoms with Gasteiger partial charge in [0.05, 0.1) is 20.8 Å². The highest BCUT2D eigenvalue weighted by atomic mass is 16.5. The van der Waals surface area contributed by atoms with E-state index >= 15 is 0 Å². The van der Waals surface area contributed by atoms with Gasteiger partial charge in [0.25, 0.3) is 0 Å². The molecule has 0 heterocycles. The second-order valence-corrected chi connectivity index (χ2v) is 3.61. The number of carbonyl (C=O) groups is 1. The monoisotopic (exact) mass is 250 g/mol. The van der Waals surface area contributed by atoms with E-state index in [4.69, 9.17) is 14.2 Å². The van der Waals surface area contributed by atoms with Crippen molar-refractivity contribution in [2.45, 2.75) is 13.3 Å². The Morgan fingerprint density at radius 3 is 2.67 bits per heavy atom. The van der Waals surface area contributed by atoms with Gasteiger partial charge in [-0.25, -0.2) is 4.79 Å². The van der Waals surface area contributed by atoms with Crippen LogP contribution in [0.15, 0.2) is 24.3 Å². The third-order valence-corrected chi connectivity index (χ3v) is 2.29. The van der Waals surface area contributed by atoms with Crippen LogP contribution in [0.4, 0.5) is 0 Å². The molecule has 0 aliphatic carbocycles. The Kier molecular flexibility index (Phi) is 5.77. The first kappa shape index (κ1) is 14.1. The van der Waals surface area contributed by atoms with Crippen LogP contribution in [0.25, 0.3) is 6.08 Å². The van der Waals surface area contributed by atoms with E-state index in [1.165, 1.54) is 6.08 Å². The first-order chi connectivity index (χ1) is 8.71. The van der Waals surface area contributed by atoms with E-state index < -0.39 is 0 Å². The fourth-order valence-electron chi connectivity index (χ4n) is 1.36. The van der Waals surface area contributed by atoms with E-state index in [9.17, 15) is 4.79 Å². The predicted molar refractivity (Wildman–Crippen MR) is 69.8 cm³/mol. The van der Waals surface area contributed by atoms with Crippen LogP contribution >= 0.6 is 0 Å². The van der Waals surface area contributed by atoms with Gasteiger partial charge in [0, 0.05) is 17.7 Å². The lowest BCUT2D eigenvalue weighted by molar-refractivity contribution is -0.137. The van der Waals surface area contributed by atoms with Gasteiger partial charge in [-0.2, -0.15) is 0 Å². The molecule has 0 unspecified atom stereocenters. The molecule has 1 aromatic rings. The largest absolute Gasteiger partial charge is 0.497 e. The van der Waals surface area contributed by atoms with Crippen molar-refractivity contribution < 1.29 is 19.0 Å². The molecule has 0 saturated heterocycles. The maximum Gasteiger partial charge on any atom is 0.330 e. The Hall–Kier alpha value is -1.97. The lowest BCUT2D eigenvalue weighted by atomic mass is 10.2. The summed E-state index contributed by atoms with van der Waals surface area (Å²) in [7, 11) is 3.16. The highest BCUT2D eigenvalue weighted by Crippen LogP contribution is 2.25. The first-order valence-electron chi connectivity index (χ1n) is 5.78. The third kappa shape index (κ3) is 4.13. The molecule has 0 aromatic heterocycles. The summed E-state index contributed by atoms with van der Waals surface area (Å²) in [6, 6.07) is 5.39. The molecular weight excluding hydrogens is 232 g/mol. The lowest BCUT2D eigenvalue weighted by Gasteiger charge is -2.07. The maximum atomic E-state index is 11.3. The Labute approximate surface area is 107 Å². The summed E-state index contributed by atoms with van der Waals surface area (Å²) in [5.41, 5.74) is 0.798. The van der Waals surface area contributed by atoms with E-state index in [2.05, 4.69) is 0 Å². The molecule has 0 aliphatic rings. The average molecular weight is 250 g/mol. The van der Waals surface area contributed by atoms with Gasteiger partial charge in [0.2, 0.25) is 0 Å². The molecule has 0 bridgehead atoms. The van der Waals surface area contributed by atoms with E-state index in [0.717, 1.165) is 12.0 Å². The zero-order valence-electron chi connectivity index (χ0n) is 10.9. The van der Waals surface area contributed by atoms with Crippen molar-refractivity contribution in [1.29, 1.82) is 0 Å². The summed E-state index contributed by atoms with van der Waals surface area (Å²) in [5, 5.41) is 0. The maximum absolute atomic E-state index is 11.3. The highest BCUT2D eigenvalue weighted by Gasteiger charge is 2.03. The minimum absolute atomic E-state index is 0.352.